The molecular weight excluding hydrogens is 306 g/mol. The Morgan fingerprint density at radius 1 is 1.06 bits per heavy atom. The second-order valence-electron chi connectivity index (χ2n) is 3.12. The molecule has 0 aliphatic rings. The monoisotopic (exact) mass is 308 g/mol. The van der Waals surface area contributed by atoms with E-state index in [1.807, 2.05) is 0 Å². The van der Waals surface area contributed by atoms with Crippen molar-refractivity contribution >= 4 is 46.4 Å². The van der Waals surface area contributed by atoms with Crippen molar-refractivity contribution < 1.29 is 0 Å². The average molecular weight is 310 g/mol. The Hall–Kier alpha value is -0.740. The van der Waals surface area contributed by atoms with Gasteiger partial charge in [-0.15, -0.1) is 0 Å². The molecule has 3 nitrogen and oxygen atoms in total. The Kier molecular flexibility index (Phi) is 3.64. The molecule has 2 aromatic rings. The summed E-state index contributed by atoms with van der Waals surface area (Å²) in [7, 11) is 0. The third-order valence-electron chi connectivity index (χ3n) is 2.01. The van der Waals surface area contributed by atoms with Crippen LogP contribution in [0.1, 0.15) is 0 Å². The maximum Gasteiger partial charge on any atom is 0.291 e. The van der Waals surface area contributed by atoms with Gasteiger partial charge in [0.1, 0.15) is 5.02 Å². The SMILES string of the molecule is O=c1c(Cl)c(Cl)cnn1-c1cc(Cl)ccc1Cl. The molecule has 0 saturated heterocycles. The number of benzene rings is 1. The minimum atomic E-state index is -0.552. The van der Waals surface area contributed by atoms with E-state index in [0.717, 1.165) is 4.68 Å². The fourth-order valence-corrected chi connectivity index (χ4v) is 1.85. The molecule has 88 valence electrons. The summed E-state index contributed by atoms with van der Waals surface area (Å²) in [6, 6.07) is 4.69. The van der Waals surface area contributed by atoms with Gasteiger partial charge >= 0.3 is 0 Å². The zero-order valence-corrected chi connectivity index (χ0v) is 11.1. The molecular formula is C10H4Cl4N2O. The van der Waals surface area contributed by atoms with E-state index >= 15 is 0 Å². The quantitative estimate of drug-likeness (QED) is 0.802. The number of rotatable bonds is 1. The Labute approximate surface area is 116 Å². The van der Waals surface area contributed by atoms with Gasteiger partial charge in [0.25, 0.3) is 5.56 Å². The van der Waals surface area contributed by atoms with Crippen molar-refractivity contribution in [2.24, 2.45) is 0 Å². The summed E-state index contributed by atoms with van der Waals surface area (Å²) in [6.45, 7) is 0. The van der Waals surface area contributed by atoms with Crippen LogP contribution in [0.4, 0.5) is 0 Å². The van der Waals surface area contributed by atoms with Crippen molar-refractivity contribution in [1.82, 2.24) is 9.78 Å². The van der Waals surface area contributed by atoms with E-state index in [0.29, 0.717) is 15.7 Å². The van der Waals surface area contributed by atoms with Crippen molar-refractivity contribution in [1.29, 1.82) is 0 Å². The topological polar surface area (TPSA) is 34.9 Å². The lowest BCUT2D eigenvalue weighted by molar-refractivity contribution is 0.807. The first kappa shape index (κ1) is 12.7. The largest absolute Gasteiger partial charge is 0.291 e. The number of hydrogen-bond donors (Lipinski definition) is 0. The Balaban J connectivity index is 2.73. The first-order chi connectivity index (χ1) is 8.00. The molecule has 17 heavy (non-hydrogen) atoms. The fraction of sp³-hybridized carbons (Fsp3) is 0. The summed E-state index contributed by atoms with van der Waals surface area (Å²) in [4.78, 5) is 11.8. The van der Waals surface area contributed by atoms with Crippen LogP contribution < -0.4 is 5.56 Å². The molecule has 1 heterocycles. The molecule has 0 radical (unpaired) electrons. The van der Waals surface area contributed by atoms with Gasteiger partial charge in [0, 0.05) is 5.02 Å². The van der Waals surface area contributed by atoms with Crippen LogP contribution in [0.15, 0.2) is 29.2 Å². The molecule has 0 unspecified atom stereocenters. The van der Waals surface area contributed by atoms with Crippen LogP contribution in [0.5, 0.6) is 0 Å². The molecule has 0 saturated carbocycles. The molecule has 0 atom stereocenters. The summed E-state index contributed by atoms with van der Waals surface area (Å²) in [5.41, 5.74) is -0.203. The average Bonchev–Trinajstić information content (AvgIpc) is 2.30. The zero-order chi connectivity index (χ0) is 12.6. The summed E-state index contributed by atoms with van der Waals surface area (Å²) in [5.74, 6) is 0. The smallest absolute Gasteiger partial charge is 0.266 e. The molecule has 7 heteroatoms. The lowest BCUT2D eigenvalue weighted by Gasteiger charge is -2.07. The molecule has 0 spiro atoms. The maximum absolute atomic E-state index is 11.8. The van der Waals surface area contributed by atoms with Gasteiger partial charge in [-0.1, -0.05) is 46.4 Å². The van der Waals surface area contributed by atoms with Crippen molar-refractivity contribution in [3.63, 3.8) is 0 Å². The lowest BCUT2D eigenvalue weighted by Crippen LogP contribution is -2.21. The third-order valence-corrected chi connectivity index (χ3v) is 3.32. The number of hydrogen-bond acceptors (Lipinski definition) is 2. The number of halogens is 4. The highest BCUT2D eigenvalue weighted by Crippen LogP contribution is 2.24. The van der Waals surface area contributed by atoms with Gasteiger partial charge in [-0.3, -0.25) is 4.79 Å². The molecule has 0 bridgehead atoms. The van der Waals surface area contributed by atoms with Crippen molar-refractivity contribution in [2.75, 3.05) is 0 Å². The molecule has 0 amide bonds. The standard InChI is InChI=1S/C10H4Cl4N2O/c11-5-1-2-6(12)8(3-5)16-10(17)9(14)7(13)4-15-16/h1-4H. The third kappa shape index (κ3) is 2.43. The fourth-order valence-electron chi connectivity index (χ4n) is 1.23. The van der Waals surface area contributed by atoms with Gasteiger partial charge in [-0.25, -0.2) is 0 Å². The highest BCUT2D eigenvalue weighted by atomic mass is 35.5. The highest BCUT2D eigenvalue weighted by molar-refractivity contribution is 6.41. The minimum Gasteiger partial charge on any atom is -0.266 e. The van der Waals surface area contributed by atoms with Crippen LogP contribution in [-0.4, -0.2) is 9.78 Å². The van der Waals surface area contributed by atoms with Gasteiger partial charge in [0.15, 0.2) is 0 Å². The molecule has 2 rings (SSSR count). The van der Waals surface area contributed by atoms with Crippen LogP contribution >= 0.6 is 46.4 Å². The lowest BCUT2D eigenvalue weighted by atomic mass is 10.3. The normalized spacial score (nSPS) is 10.6. The van der Waals surface area contributed by atoms with Crippen LogP contribution in [0, 0.1) is 0 Å². The van der Waals surface area contributed by atoms with Gasteiger partial charge in [-0.05, 0) is 18.2 Å². The van der Waals surface area contributed by atoms with Crippen molar-refractivity contribution in [3.05, 3.63) is 54.8 Å². The Morgan fingerprint density at radius 2 is 1.76 bits per heavy atom. The molecule has 0 aliphatic carbocycles. The first-order valence-corrected chi connectivity index (χ1v) is 5.90. The van der Waals surface area contributed by atoms with E-state index in [2.05, 4.69) is 5.10 Å². The maximum atomic E-state index is 11.8. The van der Waals surface area contributed by atoms with E-state index in [-0.39, 0.29) is 10.0 Å². The van der Waals surface area contributed by atoms with Gasteiger partial charge < -0.3 is 0 Å². The summed E-state index contributed by atoms with van der Waals surface area (Å²) in [6.07, 6.45) is 1.27. The molecule has 0 N–H and O–H groups in total. The highest BCUT2D eigenvalue weighted by Gasteiger charge is 2.11. The van der Waals surface area contributed by atoms with E-state index in [1.165, 1.54) is 12.3 Å². The second kappa shape index (κ2) is 4.86. The zero-order valence-electron chi connectivity index (χ0n) is 8.12. The van der Waals surface area contributed by atoms with E-state index in [4.69, 9.17) is 46.4 Å². The van der Waals surface area contributed by atoms with Crippen LogP contribution in [0.3, 0.4) is 0 Å². The minimum absolute atomic E-state index is 0.0890. The van der Waals surface area contributed by atoms with Gasteiger partial charge in [-0.2, -0.15) is 9.78 Å². The van der Waals surface area contributed by atoms with Gasteiger partial charge in [0.05, 0.1) is 21.9 Å². The molecule has 0 fully saturated rings. The molecule has 1 aromatic carbocycles. The Bertz CT molecular complexity index is 639. The predicted molar refractivity (Wildman–Crippen MR) is 69.9 cm³/mol. The number of nitrogens with zero attached hydrogens (tertiary/aromatic N) is 2. The summed E-state index contributed by atoms with van der Waals surface area (Å²) in [5, 5.41) is 4.60. The van der Waals surface area contributed by atoms with Crippen molar-refractivity contribution in [2.45, 2.75) is 0 Å². The molecule has 0 aliphatic heterocycles. The van der Waals surface area contributed by atoms with E-state index in [9.17, 15) is 4.79 Å². The van der Waals surface area contributed by atoms with Crippen LogP contribution in [-0.2, 0) is 0 Å². The Morgan fingerprint density at radius 3 is 2.47 bits per heavy atom. The first-order valence-electron chi connectivity index (χ1n) is 4.39. The van der Waals surface area contributed by atoms with E-state index in [1.54, 1.807) is 12.1 Å². The summed E-state index contributed by atoms with van der Waals surface area (Å²) < 4.78 is 1.04. The molecule has 1 aromatic heterocycles. The predicted octanol–water partition coefficient (Wildman–Crippen LogP) is 3.85. The van der Waals surface area contributed by atoms with Gasteiger partial charge in [0.2, 0.25) is 0 Å². The number of aromatic nitrogens is 2. The second-order valence-corrected chi connectivity index (χ2v) is 4.75. The summed E-state index contributed by atoms with van der Waals surface area (Å²) >= 11 is 23.2. The van der Waals surface area contributed by atoms with Crippen molar-refractivity contribution in [3.8, 4) is 5.69 Å². The van der Waals surface area contributed by atoms with Crippen LogP contribution in [0.2, 0.25) is 20.1 Å². The van der Waals surface area contributed by atoms with Crippen LogP contribution in [0.25, 0.3) is 5.69 Å². The van der Waals surface area contributed by atoms with E-state index < -0.39 is 5.56 Å².